The van der Waals surface area contributed by atoms with Gasteiger partial charge in [0.2, 0.25) is 5.91 Å². The van der Waals surface area contributed by atoms with Crippen LogP contribution in [0.3, 0.4) is 0 Å². The lowest BCUT2D eigenvalue weighted by atomic mass is 10.1. The van der Waals surface area contributed by atoms with Gasteiger partial charge in [0.05, 0.1) is 0 Å². The van der Waals surface area contributed by atoms with Gasteiger partial charge in [0.1, 0.15) is 6.54 Å². The largest absolute Gasteiger partial charge is 0.358 e. The molecule has 0 unspecified atom stereocenters. The number of benzene rings is 1. The monoisotopic (exact) mass is 285 g/mol. The molecule has 1 N–H and O–H groups in total. The van der Waals surface area contributed by atoms with Crippen LogP contribution in [0.25, 0.3) is 10.9 Å². The van der Waals surface area contributed by atoms with Crippen molar-refractivity contribution in [1.29, 1.82) is 0 Å². The Kier molecular flexibility index (Phi) is 3.20. The molecule has 5 nitrogen and oxygen atoms in total. The number of aromatic nitrogens is 1. The summed E-state index contributed by atoms with van der Waals surface area (Å²) in [6.07, 6.45) is 0. The first kappa shape index (κ1) is 13.7. The van der Waals surface area contributed by atoms with Gasteiger partial charge in [-0.05, 0) is 37.6 Å². The number of likely N-dealkylation sites (N-methyl/N-ethyl adjacent to an activating group) is 1. The molecule has 1 aromatic carbocycles. The standard InChI is InChI=1S/C16H19N3O2/c1-10-11(2)17-14-5-4-12(8-13(10)14)16(21)19-7-6-18(3)15(20)9-19/h4-5,8,17H,6-7,9H2,1-3H3. The number of H-pyrrole nitrogens is 1. The van der Waals surface area contributed by atoms with Crippen LogP contribution in [0.5, 0.6) is 0 Å². The molecule has 21 heavy (non-hydrogen) atoms. The quantitative estimate of drug-likeness (QED) is 0.867. The molecule has 3 rings (SSSR count). The van der Waals surface area contributed by atoms with Crippen molar-refractivity contribution >= 4 is 22.7 Å². The normalized spacial score (nSPS) is 15.9. The van der Waals surface area contributed by atoms with Gasteiger partial charge in [0, 0.05) is 42.3 Å². The van der Waals surface area contributed by atoms with Gasteiger partial charge >= 0.3 is 0 Å². The Hall–Kier alpha value is -2.30. The molecule has 0 spiro atoms. The zero-order chi connectivity index (χ0) is 15.1. The molecule has 0 saturated carbocycles. The minimum atomic E-state index is -0.0726. The Morgan fingerprint density at radius 2 is 2.00 bits per heavy atom. The third-order valence-electron chi connectivity index (χ3n) is 4.30. The number of carbonyl (C=O) groups is 2. The molecule has 1 saturated heterocycles. The minimum absolute atomic E-state index is 0.00986. The zero-order valence-corrected chi connectivity index (χ0v) is 12.6. The van der Waals surface area contributed by atoms with E-state index >= 15 is 0 Å². The van der Waals surface area contributed by atoms with Crippen molar-refractivity contribution in [2.45, 2.75) is 13.8 Å². The number of aryl methyl sites for hydroxylation is 2. The van der Waals surface area contributed by atoms with E-state index < -0.39 is 0 Å². The summed E-state index contributed by atoms with van der Waals surface area (Å²) >= 11 is 0. The Morgan fingerprint density at radius 3 is 2.71 bits per heavy atom. The highest BCUT2D eigenvalue weighted by Crippen LogP contribution is 2.23. The van der Waals surface area contributed by atoms with Gasteiger partial charge < -0.3 is 14.8 Å². The molecular weight excluding hydrogens is 266 g/mol. The van der Waals surface area contributed by atoms with E-state index in [1.54, 1.807) is 16.8 Å². The maximum absolute atomic E-state index is 12.6. The zero-order valence-electron chi connectivity index (χ0n) is 12.6. The van der Waals surface area contributed by atoms with Gasteiger partial charge in [0.15, 0.2) is 0 Å². The fourth-order valence-electron chi connectivity index (χ4n) is 2.71. The maximum Gasteiger partial charge on any atom is 0.254 e. The van der Waals surface area contributed by atoms with E-state index in [1.807, 2.05) is 32.0 Å². The summed E-state index contributed by atoms with van der Waals surface area (Å²) in [6.45, 7) is 5.41. The van der Waals surface area contributed by atoms with E-state index in [0.29, 0.717) is 18.7 Å². The van der Waals surface area contributed by atoms with E-state index in [0.717, 1.165) is 22.2 Å². The number of piperazine rings is 1. The Morgan fingerprint density at radius 1 is 1.24 bits per heavy atom. The van der Waals surface area contributed by atoms with Crippen LogP contribution in [0.1, 0.15) is 21.6 Å². The average molecular weight is 285 g/mol. The lowest BCUT2D eigenvalue weighted by Crippen LogP contribution is -2.50. The summed E-state index contributed by atoms with van der Waals surface area (Å²) in [6, 6.07) is 5.67. The molecule has 1 aliphatic heterocycles. The van der Waals surface area contributed by atoms with Gasteiger partial charge in [-0.15, -0.1) is 0 Å². The summed E-state index contributed by atoms with van der Waals surface area (Å²) in [5.74, 6) is -0.0825. The highest BCUT2D eigenvalue weighted by atomic mass is 16.2. The maximum atomic E-state index is 12.6. The molecule has 1 fully saturated rings. The number of nitrogens with zero attached hydrogens (tertiary/aromatic N) is 2. The van der Waals surface area contributed by atoms with Crippen LogP contribution < -0.4 is 0 Å². The summed E-state index contributed by atoms with van der Waals surface area (Å²) in [4.78, 5) is 30.9. The van der Waals surface area contributed by atoms with Crippen LogP contribution in [0, 0.1) is 13.8 Å². The lowest BCUT2D eigenvalue weighted by molar-refractivity contribution is -0.133. The molecular formula is C16H19N3O2. The van der Waals surface area contributed by atoms with Gasteiger partial charge in [-0.25, -0.2) is 0 Å². The summed E-state index contributed by atoms with van der Waals surface area (Å²) in [7, 11) is 1.77. The molecule has 2 aromatic rings. The molecule has 110 valence electrons. The van der Waals surface area contributed by atoms with E-state index in [-0.39, 0.29) is 18.4 Å². The molecule has 2 amide bonds. The first-order chi connectivity index (χ1) is 9.97. The number of hydrogen-bond acceptors (Lipinski definition) is 2. The second-order valence-corrected chi connectivity index (χ2v) is 5.68. The highest BCUT2D eigenvalue weighted by Gasteiger charge is 2.25. The number of carbonyl (C=O) groups excluding carboxylic acids is 2. The summed E-state index contributed by atoms with van der Waals surface area (Å²) < 4.78 is 0. The van der Waals surface area contributed by atoms with Crippen LogP contribution in [0.2, 0.25) is 0 Å². The molecule has 1 aromatic heterocycles. The molecule has 0 radical (unpaired) electrons. The Bertz CT molecular complexity index is 732. The smallest absolute Gasteiger partial charge is 0.254 e. The Balaban J connectivity index is 1.91. The lowest BCUT2D eigenvalue weighted by Gasteiger charge is -2.32. The fraction of sp³-hybridized carbons (Fsp3) is 0.375. The van der Waals surface area contributed by atoms with Crippen molar-refractivity contribution < 1.29 is 9.59 Å². The Labute approximate surface area is 123 Å². The predicted molar refractivity (Wildman–Crippen MR) is 81.3 cm³/mol. The average Bonchev–Trinajstić information content (AvgIpc) is 2.76. The van der Waals surface area contributed by atoms with Crippen LogP contribution in [0.4, 0.5) is 0 Å². The van der Waals surface area contributed by atoms with Crippen LogP contribution in [-0.2, 0) is 4.79 Å². The van der Waals surface area contributed by atoms with E-state index in [9.17, 15) is 9.59 Å². The molecule has 5 heteroatoms. The van der Waals surface area contributed by atoms with Crippen LogP contribution >= 0.6 is 0 Å². The van der Waals surface area contributed by atoms with Gasteiger partial charge in [-0.1, -0.05) is 0 Å². The van der Waals surface area contributed by atoms with E-state index in [2.05, 4.69) is 4.98 Å². The molecule has 0 aliphatic carbocycles. The second kappa shape index (κ2) is 4.91. The predicted octanol–water partition coefficient (Wildman–Crippen LogP) is 1.70. The van der Waals surface area contributed by atoms with Gasteiger partial charge in [-0.3, -0.25) is 9.59 Å². The summed E-state index contributed by atoms with van der Waals surface area (Å²) in [5, 5.41) is 1.07. The molecule has 0 bridgehead atoms. The number of hydrogen-bond donors (Lipinski definition) is 1. The number of rotatable bonds is 1. The molecule has 2 heterocycles. The number of nitrogens with one attached hydrogen (secondary N) is 1. The first-order valence-electron chi connectivity index (χ1n) is 7.09. The molecule has 1 aliphatic rings. The number of fused-ring (bicyclic) bond motifs is 1. The van der Waals surface area contributed by atoms with Crippen molar-refractivity contribution in [3.63, 3.8) is 0 Å². The molecule has 0 atom stereocenters. The highest BCUT2D eigenvalue weighted by molar-refractivity contribution is 6.00. The van der Waals surface area contributed by atoms with Gasteiger partial charge in [-0.2, -0.15) is 0 Å². The first-order valence-corrected chi connectivity index (χ1v) is 7.09. The van der Waals surface area contributed by atoms with Crippen molar-refractivity contribution in [3.05, 3.63) is 35.0 Å². The van der Waals surface area contributed by atoms with E-state index in [1.165, 1.54) is 0 Å². The van der Waals surface area contributed by atoms with E-state index in [4.69, 9.17) is 0 Å². The van der Waals surface area contributed by atoms with Crippen LogP contribution in [0.15, 0.2) is 18.2 Å². The van der Waals surface area contributed by atoms with Crippen LogP contribution in [-0.4, -0.2) is 53.3 Å². The number of amides is 2. The summed E-state index contributed by atoms with van der Waals surface area (Å²) in [5.41, 5.74) is 3.96. The van der Waals surface area contributed by atoms with Crippen molar-refractivity contribution in [1.82, 2.24) is 14.8 Å². The SMILES string of the molecule is Cc1[nH]c2ccc(C(=O)N3CCN(C)C(=O)C3)cc2c1C. The minimum Gasteiger partial charge on any atom is -0.358 e. The topological polar surface area (TPSA) is 56.4 Å². The van der Waals surface area contributed by atoms with Crippen molar-refractivity contribution in [3.8, 4) is 0 Å². The number of aromatic amines is 1. The van der Waals surface area contributed by atoms with Crippen molar-refractivity contribution in [2.75, 3.05) is 26.7 Å². The second-order valence-electron chi connectivity index (χ2n) is 5.68. The van der Waals surface area contributed by atoms with Crippen molar-refractivity contribution in [2.24, 2.45) is 0 Å². The third kappa shape index (κ3) is 2.28. The fourth-order valence-corrected chi connectivity index (χ4v) is 2.71. The van der Waals surface area contributed by atoms with Gasteiger partial charge in [0.25, 0.3) is 5.91 Å². The third-order valence-corrected chi connectivity index (χ3v) is 4.30.